The molecule has 0 bridgehead atoms. The molecule has 1 atom stereocenters. The highest BCUT2D eigenvalue weighted by Gasteiger charge is 2.14. The SMILES string of the molecule is COc1ccc(CN(C)CC(CN)C(C)C)cc1C. The van der Waals surface area contributed by atoms with Crippen molar-refractivity contribution in [2.45, 2.75) is 27.3 Å². The van der Waals surface area contributed by atoms with Crippen molar-refractivity contribution in [3.63, 3.8) is 0 Å². The Hall–Kier alpha value is -1.06. The van der Waals surface area contributed by atoms with Crippen LogP contribution in [0.5, 0.6) is 5.75 Å². The number of methoxy groups -OCH3 is 1. The Labute approximate surface area is 117 Å². The van der Waals surface area contributed by atoms with Crippen LogP contribution >= 0.6 is 0 Å². The predicted molar refractivity (Wildman–Crippen MR) is 81.4 cm³/mol. The van der Waals surface area contributed by atoms with Gasteiger partial charge in [0.25, 0.3) is 0 Å². The standard InChI is InChI=1S/C16H28N2O/c1-12(2)15(9-17)11-18(4)10-14-6-7-16(19-5)13(3)8-14/h6-8,12,15H,9-11,17H2,1-5H3. The van der Waals surface area contributed by atoms with Crippen LogP contribution in [0.1, 0.15) is 25.0 Å². The van der Waals surface area contributed by atoms with Crippen molar-refractivity contribution >= 4 is 0 Å². The van der Waals surface area contributed by atoms with E-state index in [1.807, 2.05) is 6.07 Å². The topological polar surface area (TPSA) is 38.5 Å². The number of benzene rings is 1. The van der Waals surface area contributed by atoms with Crippen LogP contribution in [0.3, 0.4) is 0 Å². The molecule has 1 aromatic rings. The molecule has 0 heterocycles. The number of nitrogens with zero attached hydrogens (tertiary/aromatic N) is 1. The van der Waals surface area contributed by atoms with Gasteiger partial charge in [-0.2, -0.15) is 0 Å². The lowest BCUT2D eigenvalue weighted by molar-refractivity contribution is 0.234. The van der Waals surface area contributed by atoms with Gasteiger partial charge in [0, 0.05) is 13.1 Å². The number of aryl methyl sites for hydroxylation is 1. The Balaban J connectivity index is 2.61. The molecule has 0 aliphatic rings. The Bertz CT molecular complexity index is 390. The Morgan fingerprint density at radius 3 is 2.47 bits per heavy atom. The molecule has 1 aromatic carbocycles. The van der Waals surface area contributed by atoms with E-state index in [4.69, 9.17) is 10.5 Å². The Morgan fingerprint density at radius 2 is 2.00 bits per heavy atom. The van der Waals surface area contributed by atoms with Crippen LogP contribution in [0.4, 0.5) is 0 Å². The molecule has 0 aliphatic carbocycles. The second-order valence-corrected chi connectivity index (χ2v) is 5.74. The summed E-state index contributed by atoms with van der Waals surface area (Å²) in [5, 5.41) is 0. The van der Waals surface area contributed by atoms with E-state index in [-0.39, 0.29) is 0 Å². The predicted octanol–water partition coefficient (Wildman–Crippen LogP) is 2.67. The first-order valence-electron chi connectivity index (χ1n) is 7.00. The van der Waals surface area contributed by atoms with E-state index in [1.54, 1.807) is 7.11 Å². The van der Waals surface area contributed by atoms with Gasteiger partial charge in [0.2, 0.25) is 0 Å². The van der Waals surface area contributed by atoms with E-state index < -0.39 is 0 Å². The fraction of sp³-hybridized carbons (Fsp3) is 0.625. The number of rotatable bonds is 7. The quantitative estimate of drug-likeness (QED) is 0.823. The van der Waals surface area contributed by atoms with E-state index in [0.717, 1.165) is 25.4 Å². The normalized spacial score (nSPS) is 13.1. The third kappa shape index (κ3) is 4.84. The van der Waals surface area contributed by atoms with Crippen LogP contribution < -0.4 is 10.5 Å². The molecule has 0 aromatic heterocycles. The molecular formula is C16H28N2O. The number of hydrogen-bond donors (Lipinski definition) is 1. The summed E-state index contributed by atoms with van der Waals surface area (Å²) in [4.78, 5) is 2.35. The fourth-order valence-corrected chi connectivity index (χ4v) is 2.37. The molecule has 0 spiro atoms. The highest BCUT2D eigenvalue weighted by molar-refractivity contribution is 5.36. The molecule has 19 heavy (non-hydrogen) atoms. The molecule has 2 N–H and O–H groups in total. The highest BCUT2D eigenvalue weighted by Crippen LogP contribution is 2.20. The van der Waals surface area contributed by atoms with Gasteiger partial charge in [-0.25, -0.2) is 0 Å². The van der Waals surface area contributed by atoms with Crippen LogP contribution in [-0.4, -0.2) is 32.1 Å². The average molecular weight is 264 g/mol. The first kappa shape index (κ1) is 16.0. The third-order valence-electron chi connectivity index (χ3n) is 3.70. The summed E-state index contributed by atoms with van der Waals surface area (Å²) in [5.74, 6) is 2.14. The summed E-state index contributed by atoms with van der Waals surface area (Å²) in [7, 11) is 3.87. The van der Waals surface area contributed by atoms with Gasteiger partial charge >= 0.3 is 0 Å². The molecule has 0 aliphatic heterocycles. The van der Waals surface area contributed by atoms with Crippen molar-refractivity contribution in [3.05, 3.63) is 29.3 Å². The van der Waals surface area contributed by atoms with Gasteiger partial charge < -0.3 is 15.4 Å². The van der Waals surface area contributed by atoms with Crippen molar-refractivity contribution in [2.75, 3.05) is 27.2 Å². The largest absolute Gasteiger partial charge is 0.496 e. The summed E-state index contributed by atoms with van der Waals surface area (Å²) in [6, 6.07) is 6.37. The highest BCUT2D eigenvalue weighted by atomic mass is 16.5. The summed E-state index contributed by atoms with van der Waals surface area (Å²) in [6.07, 6.45) is 0. The van der Waals surface area contributed by atoms with E-state index in [9.17, 15) is 0 Å². The molecule has 3 heteroatoms. The van der Waals surface area contributed by atoms with Crippen molar-refractivity contribution in [1.29, 1.82) is 0 Å². The summed E-state index contributed by atoms with van der Waals surface area (Å²) in [6.45, 7) is 9.31. The first-order chi connectivity index (χ1) is 8.97. The van der Waals surface area contributed by atoms with Gasteiger partial charge in [0.15, 0.2) is 0 Å². The molecular weight excluding hydrogens is 236 g/mol. The van der Waals surface area contributed by atoms with E-state index in [2.05, 4.69) is 44.9 Å². The van der Waals surface area contributed by atoms with Crippen LogP contribution in [0.25, 0.3) is 0 Å². The second kappa shape index (κ2) is 7.51. The van der Waals surface area contributed by atoms with Crippen molar-refractivity contribution < 1.29 is 4.74 Å². The van der Waals surface area contributed by atoms with Crippen LogP contribution in [0.15, 0.2) is 18.2 Å². The van der Waals surface area contributed by atoms with Gasteiger partial charge in [0.1, 0.15) is 5.75 Å². The molecule has 0 saturated carbocycles. The van der Waals surface area contributed by atoms with Crippen LogP contribution in [0, 0.1) is 18.8 Å². The van der Waals surface area contributed by atoms with Gasteiger partial charge in [0.05, 0.1) is 7.11 Å². The van der Waals surface area contributed by atoms with Gasteiger partial charge in [-0.05, 0) is 49.5 Å². The smallest absolute Gasteiger partial charge is 0.121 e. The molecule has 0 saturated heterocycles. The van der Waals surface area contributed by atoms with Gasteiger partial charge in [-0.3, -0.25) is 0 Å². The lowest BCUT2D eigenvalue weighted by Gasteiger charge is -2.26. The van der Waals surface area contributed by atoms with Gasteiger partial charge in [-0.1, -0.05) is 26.0 Å². The molecule has 108 valence electrons. The number of nitrogens with two attached hydrogens (primary N) is 1. The van der Waals surface area contributed by atoms with Crippen LogP contribution in [0.2, 0.25) is 0 Å². The maximum atomic E-state index is 5.83. The number of hydrogen-bond acceptors (Lipinski definition) is 3. The van der Waals surface area contributed by atoms with E-state index >= 15 is 0 Å². The van der Waals surface area contributed by atoms with Crippen molar-refractivity contribution in [2.24, 2.45) is 17.6 Å². The third-order valence-corrected chi connectivity index (χ3v) is 3.70. The minimum atomic E-state index is 0.560. The zero-order valence-corrected chi connectivity index (χ0v) is 12.9. The van der Waals surface area contributed by atoms with E-state index in [0.29, 0.717) is 11.8 Å². The minimum absolute atomic E-state index is 0.560. The Morgan fingerprint density at radius 1 is 1.32 bits per heavy atom. The van der Waals surface area contributed by atoms with E-state index in [1.165, 1.54) is 11.1 Å². The summed E-state index contributed by atoms with van der Waals surface area (Å²) >= 11 is 0. The molecule has 1 unspecified atom stereocenters. The lowest BCUT2D eigenvalue weighted by Crippen LogP contribution is -2.32. The minimum Gasteiger partial charge on any atom is -0.496 e. The molecule has 0 amide bonds. The summed E-state index contributed by atoms with van der Waals surface area (Å²) in [5.41, 5.74) is 8.34. The van der Waals surface area contributed by atoms with Gasteiger partial charge in [-0.15, -0.1) is 0 Å². The fourth-order valence-electron chi connectivity index (χ4n) is 2.37. The average Bonchev–Trinajstić information content (AvgIpc) is 2.35. The Kier molecular flexibility index (Phi) is 6.32. The van der Waals surface area contributed by atoms with Crippen molar-refractivity contribution in [1.82, 2.24) is 4.90 Å². The molecule has 3 nitrogen and oxygen atoms in total. The first-order valence-corrected chi connectivity index (χ1v) is 7.00. The van der Waals surface area contributed by atoms with Crippen molar-refractivity contribution in [3.8, 4) is 5.75 Å². The zero-order chi connectivity index (χ0) is 14.4. The molecule has 0 fully saturated rings. The zero-order valence-electron chi connectivity index (χ0n) is 12.9. The maximum absolute atomic E-state index is 5.83. The number of ether oxygens (including phenoxy) is 1. The molecule has 0 radical (unpaired) electrons. The maximum Gasteiger partial charge on any atom is 0.121 e. The lowest BCUT2D eigenvalue weighted by atomic mass is 9.95. The summed E-state index contributed by atoms with van der Waals surface area (Å²) < 4.78 is 5.29. The van der Waals surface area contributed by atoms with Crippen LogP contribution in [-0.2, 0) is 6.54 Å². The monoisotopic (exact) mass is 264 g/mol. The molecule has 1 rings (SSSR count). The second-order valence-electron chi connectivity index (χ2n) is 5.74.